The van der Waals surface area contributed by atoms with Crippen LogP contribution in [0.3, 0.4) is 0 Å². The molecule has 0 unspecified atom stereocenters. The fourth-order valence-electron chi connectivity index (χ4n) is 4.10. The van der Waals surface area contributed by atoms with Gasteiger partial charge in [0.25, 0.3) is 0 Å². The highest BCUT2D eigenvalue weighted by atomic mass is 32.2. The minimum atomic E-state index is -3.45. The van der Waals surface area contributed by atoms with E-state index in [0.29, 0.717) is 31.0 Å². The van der Waals surface area contributed by atoms with Crippen molar-refractivity contribution in [3.05, 3.63) is 65.7 Å². The third kappa shape index (κ3) is 7.15. The van der Waals surface area contributed by atoms with Crippen molar-refractivity contribution in [3.63, 3.8) is 0 Å². The molecule has 0 radical (unpaired) electrons. The van der Waals surface area contributed by atoms with E-state index < -0.39 is 10.0 Å². The van der Waals surface area contributed by atoms with Crippen LogP contribution in [-0.2, 0) is 21.4 Å². The Morgan fingerprint density at radius 3 is 2.38 bits per heavy atom. The smallest absolute Gasteiger partial charge is 0.243 e. The van der Waals surface area contributed by atoms with E-state index in [1.54, 1.807) is 16.4 Å². The third-order valence-corrected chi connectivity index (χ3v) is 7.95. The van der Waals surface area contributed by atoms with Crippen molar-refractivity contribution in [2.45, 2.75) is 44.0 Å². The summed E-state index contributed by atoms with van der Waals surface area (Å²) in [4.78, 5) is 14.9. The first-order valence-corrected chi connectivity index (χ1v) is 12.8. The Balaban J connectivity index is 1.33. The molecule has 1 aliphatic rings. The van der Waals surface area contributed by atoms with Crippen LogP contribution in [0.15, 0.2) is 59.5 Å². The average molecular weight is 458 g/mol. The summed E-state index contributed by atoms with van der Waals surface area (Å²) in [5, 5.41) is 3.02. The van der Waals surface area contributed by atoms with Gasteiger partial charge in [-0.05, 0) is 63.4 Å². The van der Waals surface area contributed by atoms with Crippen molar-refractivity contribution in [1.82, 2.24) is 14.5 Å². The van der Waals surface area contributed by atoms with Crippen LogP contribution in [0.5, 0.6) is 0 Å². The maximum absolute atomic E-state index is 12.8. The lowest BCUT2D eigenvalue weighted by Gasteiger charge is -2.31. The molecule has 2 aromatic rings. The minimum Gasteiger partial charge on any atom is -0.356 e. The summed E-state index contributed by atoms with van der Waals surface area (Å²) in [7, 11) is -1.36. The summed E-state index contributed by atoms with van der Waals surface area (Å²) < 4.78 is 27.2. The molecule has 0 bridgehead atoms. The molecule has 6 nitrogen and oxygen atoms in total. The predicted molar refractivity (Wildman–Crippen MR) is 128 cm³/mol. The van der Waals surface area contributed by atoms with Crippen LogP contribution in [0.2, 0.25) is 0 Å². The molecule has 1 aliphatic heterocycles. The Bertz CT molecular complexity index is 954. The standard InChI is InChI=1S/C25H35N3O3S/c1-21-9-11-24(12-10-21)32(30,31)28-17-13-22(14-18-28)19-25(29)26-15-6-16-27(2)20-23-7-4-3-5-8-23/h3-5,7-12,22H,6,13-20H2,1-2H3,(H,26,29). The molecule has 3 rings (SSSR count). The van der Waals surface area contributed by atoms with Gasteiger partial charge in [-0.25, -0.2) is 8.42 Å². The van der Waals surface area contributed by atoms with Gasteiger partial charge in [0.15, 0.2) is 0 Å². The van der Waals surface area contributed by atoms with Gasteiger partial charge in [-0.1, -0.05) is 48.0 Å². The lowest BCUT2D eigenvalue weighted by atomic mass is 9.94. The lowest BCUT2D eigenvalue weighted by molar-refractivity contribution is -0.122. The summed E-state index contributed by atoms with van der Waals surface area (Å²) in [6, 6.07) is 17.3. The number of carbonyl (C=O) groups excluding carboxylic acids is 1. The molecule has 0 spiro atoms. The van der Waals surface area contributed by atoms with Crippen molar-refractivity contribution >= 4 is 15.9 Å². The van der Waals surface area contributed by atoms with Crippen LogP contribution in [-0.4, -0.2) is 56.8 Å². The first-order valence-electron chi connectivity index (χ1n) is 11.4. The van der Waals surface area contributed by atoms with Crippen molar-refractivity contribution in [1.29, 1.82) is 0 Å². The first-order chi connectivity index (χ1) is 15.3. The number of sulfonamides is 1. The molecule has 0 saturated carbocycles. The second-order valence-corrected chi connectivity index (χ2v) is 10.7. The normalized spacial score (nSPS) is 15.7. The largest absolute Gasteiger partial charge is 0.356 e. The maximum atomic E-state index is 12.8. The maximum Gasteiger partial charge on any atom is 0.243 e. The van der Waals surface area contributed by atoms with Gasteiger partial charge in [-0.3, -0.25) is 4.79 Å². The molecule has 0 aliphatic carbocycles. The summed E-state index contributed by atoms with van der Waals surface area (Å²) in [6.45, 7) is 5.37. The fraction of sp³-hybridized carbons (Fsp3) is 0.480. The van der Waals surface area contributed by atoms with E-state index >= 15 is 0 Å². The molecule has 1 fully saturated rings. The van der Waals surface area contributed by atoms with E-state index in [1.807, 2.05) is 37.3 Å². The van der Waals surface area contributed by atoms with Gasteiger partial charge >= 0.3 is 0 Å². The highest BCUT2D eigenvalue weighted by Gasteiger charge is 2.30. The van der Waals surface area contributed by atoms with Crippen molar-refractivity contribution in [2.24, 2.45) is 5.92 Å². The first kappa shape index (κ1) is 24.4. The molecule has 2 aromatic carbocycles. The van der Waals surface area contributed by atoms with Crippen LogP contribution in [0.1, 0.15) is 36.8 Å². The summed E-state index contributed by atoms with van der Waals surface area (Å²) in [5.41, 5.74) is 2.33. The number of benzene rings is 2. The van der Waals surface area contributed by atoms with Gasteiger partial charge in [-0.2, -0.15) is 4.31 Å². The summed E-state index contributed by atoms with van der Waals surface area (Å²) >= 11 is 0. The second kappa shape index (κ2) is 11.6. The quantitative estimate of drug-likeness (QED) is 0.555. The summed E-state index contributed by atoms with van der Waals surface area (Å²) in [5.74, 6) is 0.302. The van der Waals surface area contributed by atoms with Gasteiger partial charge < -0.3 is 10.2 Å². The molecule has 1 heterocycles. The van der Waals surface area contributed by atoms with E-state index in [0.717, 1.165) is 37.9 Å². The van der Waals surface area contributed by atoms with Crippen LogP contribution >= 0.6 is 0 Å². The average Bonchev–Trinajstić information content (AvgIpc) is 2.78. The Hall–Kier alpha value is -2.22. The van der Waals surface area contributed by atoms with Crippen LogP contribution in [0, 0.1) is 12.8 Å². The zero-order valence-electron chi connectivity index (χ0n) is 19.2. The van der Waals surface area contributed by atoms with E-state index in [2.05, 4.69) is 29.4 Å². The lowest BCUT2D eigenvalue weighted by Crippen LogP contribution is -2.39. The topological polar surface area (TPSA) is 69.7 Å². The number of hydrogen-bond acceptors (Lipinski definition) is 4. The van der Waals surface area contributed by atoms with Gasteiger partial charge in [0, 0.05) is 32.6 Å². The Labute approximate surface area is 192 Å². The fourth-order valence-corrected chi connectivity index (χ4v) is 5.57. The molecule has 1 amide bonds. The number of nitrogens with zero attached hydrogens (tertiary/aromatic N) is 2. The van der Waals surface area contributed by atoms with E-state index in [9.17, 15) is 13.2 Å². The highest BCUT2D eigenvalue weighted by Crippen LogP contribution is 2.25. The monoisotopic (exact) mass is 457 g/mol. The van der Waals surface area contributed by atoms with Crippen molar-refractivity contribution in [2.75, 3.05) is 33.2 Å². The Morgan fingerprint density at radius 1 is 1.06 bits per heavy atom. The number of aryl methyl sites for hydroxylation is 1. The summed E-state index contributed by atoms with van der Waals surface area (Å²) in [6.07, 6.45) is 2.82. The van der Waals surface area contributed by atoms with Crippen LogP contribution in [0.4, 0.5) is 0 Å². The molecule has 0 atom stereocenters. The number of carbonyl (C=O) groups is 1. The molecule has 1 saturated heterocycles. The number of rotatable bonds is 10. The number of nitrogens with one attached hydrogen (secondary N) is 1. The van der Waals surface area contributed by atoms with Crippen molar-refractivity contribution in [3.8, 4) is 0 Å². The zero-order chi connectivity index (χ0) is 23.0. The van der Waals surface area contributed by atoms with Crippen molar-refractivity contribution < 1.29 is 13.2 Å². The second-order valence-electron chi connectivity index (χ2n) is 8.79. The molecule has 1 N–H and O–H groups in total. The molecular formula is C25H35N3O3S. The predicted octanol–water partition coefficient (Wildman–Crippen LogP) is 3.42. The van der Waals surface area contributed by atoms with E-state index in [1.165, 1.54) is 5.56 Å². The van der Waals surface area contributed by atoms with E-state index in [4.69, 9.17) is 0 Å². The van der Waals surface area contributed by atoms with Gasteiger partial charge in [-0.15, -0.1) is 0 Å². The SMILES string of the molecule is Cc1ccc(S(=O)(=O)N2CCC(CC(=O)NCCCN(C)Cc3ccccc3)CC2)cc1. The Kier molecular flexibility index (Phi) is 8.84. The van der Waals surface area contributed by atoms with Gasteiger partial charge in [0.2, 0.25) is 15.9 Å². The molecule has 7 heteroatoms. The molecule has 32 heavy (non-hydrogen) atoms. The third-order valence-electron chi connectivity index (χ3n) is 6.04. The Morgan fingerprint density at radius 2 is 1.72 bits per heavy atom. The highest BCUT2D eigenvalue weighted by molar-refractivity contribution is 7.89. The number of hydrogen-bond donors (Lipinski definition) is 1. The zero-order valence-corrected chi connectivity index (χ0v) is 20.0. The van der Waals surface area contributed by atoms with Crippen LogP contribution < -0.4 is 5.32 Å². The van der Waals surface area contributed by atoms with Gasteiger partial charge in [0.1, 0.15) is 0 Å². The molecular weight excluding hydrogens is 422 g/mol. The minimum absolute atomic E-state index is 0.0653. The number of piperidine rings is 1. The molecule has 0 aromatic heterocycles. The van der Waals surface area contributed by atoms with Gasteiger partial charge in [0.05, 0.1) is 4.90 Å². The number of amides is 1. The van der Waals surface area contributed by atoms with Crippen LogP contribution in [0.25, 0.3) is 0 Å². The van der Waals surface area contributed by atoms with E-state index in [-0.39, 0.29) is 11.8 Å². The molecule has 174 valence electrons.